The number of amides is 1. The second-order valence-electron chi connectivity index (χ2n) is 3.04. The molecule has 0 aliphatic heterocycles. The number of hydrogen-bond acceptors (Lipinski definition) is 2. The molecule has 0 fully saturated rings. The minimum absolute atomic E-state index is 0.354. The molecular weight excluding hydrogens is 180 g/mol. The summed E-state index contributed by atoms with van der Waals surface area (Å²) in [5.41, 5.74) is 0.970. The fraction of sp³-hybridized carbons (Fsp3) is 0.500. The number of H-pyrrole nitrogens is 1. The van der Waals surface area contributed by atoms with E-state index in [-0.39, 0.29) is 6.09 Å². The first-order chi connectivity index (χ1) is 6.83. The van der Waals surface area contributed by atoms with Gasteiger partial charge in [0.25, 0.3) is 0 Å². The van der Waals surface area contributed by atoms with E-state index < -0.39 is 0 Å². The molecule has 1 heterocycles. The molecule has 0 unspecified atom stereocenters. The summed E-state index contributed by atoms with van der Waals surface area (Å²) in [5, 5.41) is 2.65. The van der Waals surface area contributed by atoms with Gasteiger partial charge in [-0.1, -0.05) is 13.3 Å². The maximum atomic E-state index is 11.1. The normalized spacial score (nSPS) is 9.79. The van der Waals surface area contributed by atoms with Gasteiger partial charge < -0.3 is 15.0 Å². The van der Waals surface area contributed by atoms with Gasteiger partial charge in [0.05, 0.1) is 13.2 Å². The first-order valence-electron chi connectivity index (χ1n) is 4.86. The number of ether oxygens (including phenoxy) is 1. The molecule has 1 aromatic rings. The Morgan fingerprint density at radius 1 is 1.64 bits per heavy atom. The first-order valence-corrected chi connectivity index (χ1v) is 4.86. The highest BCUT2D eigenvalue weighted by Crippen LogP contribution is 1.94. The highest BCUT2D eigenvalue weighted by Gasteiger charge is 2.00. The molecule has 78 valence electrons. The Morgan fingerprint density at radius 2 is 2.50 bits per heavy atom. The van der Waals surface area contributed by atoms with Gasteiger partial charge in [0.15, 0.2) is 0 Å². The van der Waals surface area contributed by atoms with E-state index in [2.05, 4.69) is 17.2 Å². The van der Waals surface area contributed by atoms with Crippen LogP contribution in [-0.2, 0) is 11.3 Å². The van der Waals surface area contributed by atoms with Gasteiger partial charge in [-0.2, -0.15) is 0 Å². The lowest BCUT2D eigenvalue weighted by atomic mass is 10.4. The van der Waals surface area contributed by atoms with Crippen molar-refractivity contribution in [2.75, 3.05) is 6.61 Å². The van der Waals surface area contributed by atoms with Crippen molar-refractivity contribution in [1.29, 1.82) is 0 Å². The zero-order valence-electron chi connectivity index (χ0n) is 8.38. The number of carbonyl (C=O) groups is 1. The predicted octanol–water partition coefficient (Wildman–Crippen LogP) is 2.04. The Hall–Kier alpha value is -1.45. The highest BCUT2D eigenvalue weighted by molar-refractivity contribution is 5.67. The molecule has 0 bridgehead atoms. The SMILES string of the molecule is CCCCOC(=O)NCc1ccc[nH]1. The Kier molecular flexibility index (Phi) is 4.61. The lowest BCUT2D eigenvalue weighted by Gasteiger charge is -2.04. The number of aromatic nitrogens is 1. The molecule has 0 aliphatic carbocycles. The Balaban J connectivity index is 2.09. The molecule has 1 aromatic heterocycles. The van der Waals surface area contributed by atoms with Crippen LogP contribution in [0.4, 0.5) is 4.79 Å². The molecule has 0 aromatic carbocycles. The van der Waals surface area contributed by atoms with Crippen LogP contribution in [0.1, 0.15) is 25.5 Å². The van der Waals surface area contributed by atoms with Gasteiger partial charge in [-0.25, -0.2) is 4.79 Å². The molecule has 0 atom stereocenters. The third-order valence-corrected chi connectivity index (χ3v) is 1.82. The second kappa shape index (κ2) is 6.07. The Bertz CT molecular complexity index is 257. The second-order valence-corrected chi connectivity index (χ2v) is 3.04. The van der Waals surface area contributed by atoms with Crippen molar-refractivity contribution >= 4 is 6.09 Å². The number of carbonyl (C=O) groups excluding carboxylic acids is 1. The van der Waals surface area contributed by atoms with Crippen LogP contribution >= 0.6 is 0 Å². The van der Waals surface area contributed by atoms with Gasteiger partial charge in [-0.05, 0) is 18.6 Å². The van der Waals surface area contributed by atoms with Crippen LogP contribution in [0.25, 0.3) is 0 Å². The standard InChI is InChI=1S/C10H16N2O2/c1-2-3-7-14-10(13)12-8-9-5-4-6-11-9/h4-6,11H,2-3,7-8H2,1H3,(H,12,13). The lowest BCUT2D eigenvalue weighted by molar-refractivity contribution is 0.144. The predicted molar refractivity (Wildman–Crippen MR) is 53.9 cm³/mol. The van der Waals surface area contributed by atoms with Crippen LogP contribution in [0.3, 0.4) is 0 Å². The van der Waals surface area contributed by atoms with E-state index in [4.69, 9.17) is 4.74 Å². The third kappa shape index (κ3) is 3.98. The third-order valence-electron chi connectivity index (χ3n) is 1.82. The van der Waals surface area contributed by atoms with Gasteiger partial charge in [0.1, 0.15) is 0 Å². The molecule has 14 heavy (non-hydrogen) atoms. The van der Waals surface area contributed by atoms with Crippen LogP contribution in [0, 0.1) is 0 Å². The summed E-state index contributed by atoms with van der Waals surface area (Å²) in [6, 6.07) is 3.80. The van der Waals surface area contributed by atoms with Gasteiger partial charge >= 0.3 is 6.09 Å². The molecule has 1 amide bonds. The van der Waals surface area contributed by atoms with Crippen LogP contribution in [0.5, 0.6) is 0 Å². The summed E-state index contributed by atoms with van der Waals surface area (Å²) in [7, 11) is 0. The molecule has 2 N–H and O–H groups in total. The summed E-state index contributed by atoms with van der Waals surface area (Å²) in [6.07, 6.45) is 3.41. The number of rotatable bonds is 5. The number of hydrogen-bond donors (Lipinski definition) is 2. The summed E-state index contributed by atoms with van der Waals surface area (Å²) in [4.78, 5) is 14.1. The highest BCUT2D eigenvalue weighted by atomic mass is 16.5. The Morgan fingerprint density at radius 3 is 3.14 bits per heavy atom. The molecule has 4 heteroatoms. The summed E-state index contributed by atoms with van der Waals surface area (Å²) < 4.78 is 4.92. The van der Waals surface area contributed by atoms with Crippen LogP contribution in [0.2, 0.25) is 0 Å². The minimum Gasteiger partial charge on any atom is -0.450 e. The van der Waals surface area contributed by atoms with E-state index in [1.807, 2.05) is 18.3 Å². The van der Waals surface area contributed by atoms with Crippen LogP contribution < -0.4 is 5.32 Å². The van der Waals surface area contributed by atoms with Crippen molar-refractivity contribution in [1.82, 2.24) is 10.3 Å². The molecular formula is C10H16N2O2. The first kappa shape index (κ1) is 10.6. The lowest BCUT2D eigenvalue weighted by Crippen LogP contribution is -2.24. The van der Waals surface area contributed by atoms with E-state index in [0.29, 0.717) is 13.2 Å². The molecule has 0 radical (unpaired) electrons. The molecule has 0 spiro atoms. The molecule has 4 nitrogen and oxygen atoms in total. The van der Waals surface area contributed by atoms with Crippen molar-refractivity contribution in [2.24, 2.45) is 0 Å². The topological polar surface area (TPSA) is 54.1 Å². The number of alkyl carbamates (subject to hydrolysis) is 1. The minimum atomic E-state index is -0.354. The smallest absolute Gasteiger partial charge is 0.407 e. The van der Waals surface area contributed by atoms with Gasteiger partial charge in [-0.15, -0.1) is 0 Å². The fourth-order valence-electron chi connectivity index (χ4n) is 1.01. The van der Waals surface area contributed by atoms with Crippen molar-refractivity contribution in [2.45, 2.75) is 26.3 Å². The van der Waals surface area contributed by atoms with E-state index in [0.717, 1.165) is 18.5 Å². The monoisotopic (exact) mass is 196 g/mol. The van der Waals surface area contributed by atoms with E-state index in [1.165, 1.54) is 0 Å². The number of nitrogens with one attached hydrogen (secondary N) is 2. The maximum Gasteiger partial charge on any atom is 0.407 e. The quantitative estimate of drug-likeness (QED) is 0.708. The number of aromatic amines is 1. The average molecular weight is 196 g/mol. The zero-order valence-corrected chi connectivity index (χ0v) is 8.38. The molecule has 0 aliphatic rings. The van der Waals surface area contributed by atoms with Crippen molar-refractivity contribution in [3.05, 3.63) is 24.0 Å². The fourth-order valence-corrected chi connectivity index (χ4v) is 1.01. The van der Waals surface area contributed by atoms with E-state index >= 15 is 0 Å². The van der Waals surface area contributed by atoms with Crippen molar-refractivity contribution in [3.8, 4) is 0 Å². The molecule has 0 saturated carbocycles. The van der Waals surface area contributed by atoms with Gasteiger partial charge in [0.2, 0.25) is 0 Å². The van der Waals surface area contributed by atoms with E-state index in [9.17, 15) is 4.79 Å². The van der Waals surface area contributed by atoms with Gasteiger partial charge in [0, 0.05) is 11.9 Å². The van der Waals surface area contributed by atoms with Gasteiger partial charge in [-0.3, -0.25) is 0 Å². The number of unbranched alkanes of at least 4 members (excludes halogenated alkanes) is 1. The molecule has 1 rings (SSSR count). The summed E-state index contributed by atoms with van der Waals surface area (Å²) in [5.74, 6) is 0. The van der Waals surface area contributed by atoms with Crippen molar-refractivity contribution in [3.63, 3.8) is 0 Å². The maximum absolute atomic E-state index is 11.1. The molecule has 0 saturated heterocycles. The van der Waals surface area contributed by atoms with Crippen LogP contribution in [-0.4, -0.2) is 17.7 Å². The summed E-state index contributed by atoms with van der Waals surface area (Å²) in [6.45, 7) is 3.03. The summed E-state index contributed by atoms with van der Waals surface area (Å²) >= 11 is 0. The van der Waals surface area contributed by atoms with Crippen molar-refractivity contribution < 1.29 is 9.53 Å². The van der Waals surface area contributed by atoms with E-state index in [1.54, 1.807) is 0 Å². The zero-order chi connectivity index (χ0) is 10.2. The Labute approximate surface area is 83.7 Å². The average Bonchev–Trinajstić information content (AvgIpc) is 2.68. The van der Waals surface area contributed by atoms with Crippen LogP contribution in [0.15, 0.2) is 18.3 Å². The largest absolute Gasteiger partial charge is 0.450 e.